The number of aryl methyl sites for hydroxylation is 1. The molecule has 162 valence electrons. The van der Waals surface area contributed by atoms with Gasteiger partial charge < -0.3 is 15.9 Å². The Balaban J connectivity index is 1.80. The van der Waals surface area contributed by atoms with Crippen LogP contribution in [0.1, 0.15) is 28.7 Å². The van der Waals surface area contributed by atoms with E-state index >= 15 is 0 Å². The van der Waals surface area contributed by atoms with E-state index in [4.69, 9.17) is 15.9 Å². The van der Waals surface area contributed by atoms with Crippen LogP contribution in [0.3, 0.4) is 0 Å². The van der Waals surface area contributed by atoms with Gasteiger partial charge in [-0.05, 0) is 25.1 Å². The molecule has 4 N–H and O–H groups in total. The monoisotopic (exact) mass is 440 g/mol. The van der Waals surface area contributed by atoms with Gasteiger partial charge in [-0.25, -0.2) is 23.9 Å². The van der Waals surface area contributed by atoms with E-state index in [0.29, 0.717) is 34.0 Å². The topological polar surface area (TPSA) is 145 Å². The summed E-state index contributed by atoms with van der Waals surface area (Å²) in [7, 11) is 0. The molecule has 0 aliphatic carbocycles. The number of nitrogen functional groups attached to an aromatic ring is 1. The summed E-state index contributed by atoms with van der Waals surface area (Å²) in [6.45, 7) is 1.78. The lowest BCUT2D eigenvalue weighted by molar-refractivity contribution is 0.566. The largest absolute Gasteiger partial charge is 0.441 e. The van der Waals surface area contributed by atoms with Gasteiger partial charge in [-0.1, -0.05) is 30.3 Å². The number of nitrogens with two attached hydrogens (primary N) is 2. The first-order chi connectivity index (χ1) is 16.0. The lowest BCUT2D eigenvalue weighted by atomic mass is 10.0. The van der Waals surface area contributed by atoms with Crippen LogP contribution < -0.4 is 11.5 Å². The highest BCUT2D eigenvalue weighted by atomic mass is 19.1. The second-order valence-corrected chi connectivity index (χ2v) is 7.36. The van der Waals surface area contributed by atoms with Gasteiger partial charge in [0.05, 0.1) is 23.4 Å². The fraction of sp³-hybridized carbons (Fsp3) is 0.0870. The summed E-state index contributed by atoms with van der Waals surface area (Å²) >= 11 is 0. The molecule has 0 aliphatic rings. The zero-order valence-electron chi connectivity index (χ0n) is 17.4. The predicted octanol–water partition coefficient (Wildman–Crippen LogP) is 3.40. The van der Waals surface area contributed by atoms with Crippen molar-refractivity contribution in [2.75, 3.05) is 5.73 Å². The first kappa shape index (κ1) is 20.3. The second kappa shape index (κ2) is 7.81. The van der Waals surface area contributed by atoms with Gasteiger partial charge in [-0.15, -0.1) is 5.10 Å². The molecular formula is C23H17FN8O. The van der Waals surface area contributed by atoms with Gasteiger partial charge in [0, 0.05) is 11.1 Å². The van der Waals surface area contributed by atoms with Crippen molar-refractivity contribution < 1.29 is 8.81 Å². The van der Waals surface area contributed by atoms with Crippen LogP contribution in [0.15, 0.2) is 59.3 Å². The van der Waals surface area contributed by atoms with E-state index in [1.165, 1.54) is 17.0 Å². The van der Waals surface area contributed by atoms with Crippen molar-refractivity contribution in [2.45, 2.75) is 13.0 Å². The van der Waals surface area contributed by atoms with Crippen LogP contribution in [0.25, 0.3) is 28.4 Å². The Bertz CT molecular complexity index is 1550. The molecular weight excluding hydrogens is 423 g/mol. The van der Waals surface area contributed by atoms with E-state index in [9.17, 15) is 9.65 Å². The number of nitriles is 1. The quantitative estimate of drug-likeness (QED) is 0.432. The van der Waals surface area contributed by atoms with Crippen LogP contribution in [-0.2, 0) is 0 Å². The highest BCUT2D eigenvalue weighted by Gasteiger charge is 2.26. The molecule has 0 saturated heterocycles. The highest BCUT2D eigenvalue weighted by Crippen LogP contribution is 2.35. The molecule has 0 radical (unpaired) electrons. The number of oxazole rings is 1. The lowest BCUT2D eigenvalue weighted by Crippen LogP contribution is -2.15. The third-order valence-electron chi connectivity index (χ3n) is 5.27. The summed E-state index contributed by atoms with van der Waals surface area (Å²) in [6.07, 6.45) is 1.31. The van der Waals surface area contributed by atoms with Crippen LogP contribution in [0.2, 0.25) is 0 Å². The average Bonchev–Trinajstić information content (AvgIpc) is 3.46. The molecule has 9 nitrogen and oxygen atoms in total. The average molecular weight is 440 g/mol. The molecule has 5 aromatic rings. The molecule has 3 heterocycles. The summed E-state index contributed by atoms with van der Waals surface area (Å²) in [6, 6.07) is 14.3. The van der Waals surface area contributed by atoms with Crippen molar-refractivity contribution >= 4 is 11.5 Å². The maximum absolute atomic E-state index is 14.3. The van der Waals surface area contributed by atoms with Crippen molar-refractivity contribution in [3.05, 3.63) is 83.4 Å². The van der Waals surface area contributed by atoms with Gasteiger partial charge in [0.25, 0.3) is 0 Å². The number of fused-ring (bicyclic) bond motifs is 1. The van der Waals surface area contributed by atoms with Gasteiger partial charge >= 0.3 is 0 Å². The minimum Gasteiger partial charge on any atom is -0.441 e. The fourth-order valence-corrected chi connectivity index (χ4v) is 3.64. The zero-order chi connectivity index (χ0) is 23.1. The molecule has 3 aromatic heterocycles. The molecule has 0 bridgehead atoms. The summed E-state index contributed by atoms with van der Waals surface area (Å²) in [5.74, 6) is 0.193. The Kier molecular flexibility index (Phi) is 4.80. The van der Waals surface area contributed by atoms with Crippen molar-refractivity contribution in [1.29, 1.82) is 5.26 Å². The van der Waals surface area contributed by atoms with E-state index in [1.807, 2.05) is 0 Å². The zero-order valence-corrected chi connectivity index (χ0v) is 17.4. The summed E-state index contributed by atoms with van der Waals surface area (Å²) < 4.78 is 21.5. The molecule has 0 fully saturated rings. The molecule has 0 amide bonds. The molecule has 10 heteroatoms. The van der Waals surface area contributed by atoms with Crippen LogP contribution in [0.5, 0.6) is 0 Å². The third-order valence-corrected chi connectivity index (χ3v) is 5.27. The van der Waals surface area contributed by atoms with E-state index < -0.39 is 11.9 Å². The standard InChI is InChI=1S/C23H17FN8O/c1-12-20(33-11-28-12)19-18(14-6-4-5-13(9-14)10-25)29-21(27)23-30-22(31-32(19)23)17(26)15-7-2-3-8-16(15)24/h2-9,11,17H,26H2,1H3,(H2,27,29). The summed E-state index contributed by atoms with van der Waals surface area (Å²) in [5, 5.41) is 13.9. The van der Waals surface area contributed by atoms with Crippen molar-refractivity contribution in [2.24, 2.45) is 5.73 Å². The first-order valence-corrected chi connectivity index (χ1v) is 9.95. The van der Waals surface area contributed by atoms with Crippen LogP contribution >= 0.6 is 0 Å². The van der Waals surface area contributed by atoms with Crippen LogP contribution in [-0.4, -0.2) is 24.6 Å². The molecule has 0 saturated carbocycles. The number of halogens is 1. The number of rotatable bonds is 4. The van der Waals surface area contributed by atoms with Gasteiger partial charge in [-0.3, -0.25) is 0 Å². The number of hydrogen-bond donors (Lipinski definition) is 2. The van der Waals surface area contributed by atoms with Crippen molar-refractivity contribution in [3.63, 3.8) is 0 Å². The second-order valence-electron chi connectivity index (χ2n) is 7.36. The Morgan fingerprint density at radius 2 is 1.97 bits per heavy atom. The third kappa shape index (κ3) is 3.37. The van der Waals surface area contributed by atoms with Crippen LogP contribution in [0.4, 0.5) is 10.2 Å². The lowest BCUT2D eigenvalue weighted by Gasteiger charge is -2.11. The van der Waals surface area contributed by atoms with Gasteiger partial charge in [-0.2, -0.15) is 5.26 Å². The molecule has 0 spiro atoms. The number of aromatic nitrogens is 5. The van der Waals surface area contributed by atoms with Gasteiger partial charge in [0.15, 0.2) is 29.4 Å². The number of anilines is 1. The highest BCUT2D eigenvalue weighted by molar-refractivity contribution is 5.82. The molecule has 1 unspecified atom stereocenters. The van der Waals surface area contributed by atoms with E-state index in [2.05, 4.69) is 26.1 Å². The van der Waals surface area contributed by atoms with Gasteiger partial charge in [0.2, 0.25) is 0 Å². The van der Waals surface area contributed by atoms with E-state index in [0.717, 1.165) is 0 Å². The van der Waals surface area contributed by atoms with E-state index in [-0.39, 0.29) is 22.9 Å². The Labute approximate surface area is 187 Å². The smallest absolute Gasteiger partial charge is 0.199 e. The Morgan fingerprint density at radius 3 is 2.70 bits per heavy atom. The Morgan fingerprint density at radius 1 is 1.15 bits per heavy atom. The number of hydrogen-bond acceptors (Lipinski definition) is 8. The summed E-state index contributed by atoms with van der Waals surface area (Å²) in [4.78, 5) is 13.2. The summed E-state index contributed by atoms with van der Waals surface area (Å²) in [5.41, 5.74) is 15.6. The maximum Gasteiger partial charge on any atom is 0.199 e. The van der Waals surface area contributed by atoms with Gasteiger partial charge in [0.1, 0.15) is 17.2 Å². The normalized spacial score (nSPS) is 12.1. The molecule has 1 atom stereocenters. The molecule has 5 rings (SSSR count). The molecule has 0 aliphatic heterocycles. The minimum atomic E-state index is -0.931. The SMILES string of the molecule is Cc1ncoc1-c1c(-c2cccc(C#N)c2)nc(N)c2nc(C(N)c3ccccc3F)nn12. The molecule has 33 heavy (non-hydrogen) atoms. The van der Waals surface area contributed by atoms with Crippen molar-refractivity contribution in [3.8, 4) is 28.8 Å². The first-order valence-electron chi connectivity index (χ1n) is 9.95. The van der Waals surface area contributed by atoms with E-state index in [1.54, 1.807) is 49.4 Å². The number of benzene rings is 2. The predicted molar refractivity (Wildman–Crippen MR) is 118 cm³/mol. The Hall–Kier alpha value is -4.62. The molecule has 2 aromatic carbocycles. The maximum atomic E-state index is 14.3. The minimum absolute atomic E-state index is 0.0905. The number of nitrogens with zero attached hydrogens (tertiary/aromatic N) is 6. The van der Waals surface area contributed by atoms with Crippen molar-refractivity contribution in [1.82, 2.24) is 24.6 Å². The fourth-order valence-electron chi connectivity index (χ4n) is 3.64. The van der Waals surface area contributed by atoms with Crippen LogP contribution in [0, 0.1) is 24.1 Å².